The molecule has 0 aliphatic heterocycles. The minimum atomic E-state index is 0.127. The normalized spacial score (nSPS) is 12.3. The van der Waals surface area contributed by atoms with Crippen LogP contribution in [0, 0.1) is 13.8 Å². The maximum Gasteiger partial charge on any atom is 0.318 e. The molecule has 19 heavy (non-hydrogen) atoms. The van der Waals surface area contributed by atoms with Crippen LogP contribution in [0.1, 0.15) is 28.3 Å². The van der Waals surface area contributed by atoms with Crippen LogP contribution in [0.25, 0.3) is 0 Å². The SMILES string of the molecule is COc1ncc(Cl)c(NC(C)c2cc(C)sc2C)n1. The lowest BCUT2D eigenvalue weighted by Crippen LogP contribution is -2.09. The summed E-state index contributed by atoms with van der Waals surface area (Å²) in [6.45, 7) is 6.31. The van der Waals surface area contributed by atoms with Crippen molar-refractivity contribution in [2.75, 3.05) is 12.4 Å². The maximum absolute atomic E-state index is 6.09. The number of rotatable bonds is 4. The zero-order valence-corrected chi connectivity index (χ0v) is 12.9. The van der Waals surface area contributed by atoms with Crippen molar-refractivity contribution in [2.24, 2.45) is 0 Å². The Hall–Kier alpha value is -1.33. The van der Waals surface area contributed by atoms with E-state index < -0.39 is 0 Å². The molecule has 1 N–H and O–H groups in total. The monoisotopic (exact) mass is 297 g/mol. The van der Waals surface area contributed by atoms with Gasteiger partial charge in [-0.2, -0.15) is 4.98 Å². The highest BCUT2D eigenvalue weighted by Gasteiger charge is 2.14. The van der Waals surface area contributed by atoms with Crippen LogP contribution in [-0.4, -0.2) is 17.1 Å². The molecule has 2 aromatic heterocycles. The molecule has 0 aliphatic rings. The van der Waals surface area contributed by atoms with Crippen LogP contribution >= 0.6 is 22.9 Å². The molecule has 2 rings (SSSR count). The molecule has 0 fully saturated rings. The van der Waals surface area contributed by atoms with E-state index in [0.717, 1.165) is 0 Å². The van der Waals surface area contributed by atoms with E-state index in [1.54, 1.807) is 11.3 Å². The van der Waals surface area contributed by atoms with Gasteiger partial charge in [0.1, 0.15) is 5.02 Å². The number of methoxy groups -OCH3 is 1. The summed E-state index contributed by atoms with van der Waals surface area (Å²) in [6, 6.07) is 2.61. The lowest BCUT2D eigenvalue weighted by Gasteiger charge is -2.15. The van der Waals surface area contributed by atoms with Crippen molar-refractivity contribution in [3.05, 3.63) is 32.6 Å². The summed E-state index contributed by atoms with van der Waals surface area (Å²) in [7, 11) is 1.53. The highest BCUT2D eigenvalue weighted by molar-refractivity contribution is 7.12. The average molecular weight is 298 g/mol. The minimum Gasteiger partial charge on any atom is -0.467 e. The molecule has 4 nitrogen and oxygen atoms in total. The van der Waals surface area contributed by atoms with Gasteiger partial charge in [-0.3, -0.25) is 0 Å². The zero-order valence-electron chi connectivity index (χ0n) is 11.3. The van der Waals surface area contributed by atoms with E-state index in [0.29, 0.717) is 16.9 Å². The maximum atomic E-state index is 6.09. The lowest BCUT2D eigenvalue weighted by atomic mass is 10.1. The van der Waals surface area contributed by atoms with Gasteiger partial charge in [-0.1, -0.05) is 11.6 Å². The predicted molar refractivity (Wildman–Crippen MR) is 79.4 cm³/mol. The van der Waals surface area contributed by atoms with Gasteiger partial charge in [-0.05, 0) is 32.4 Å². The fraction of sp³-hybridized carbons (Fsp3) is 0.385. The third-order valence-corrected chi connectivity index (χ3v) is 4.06. The number of halogens is 1. The molecule has 0 aromatic carbocycles. The van der Waals surface area contributed by atoms with Crippen molar-refractivity contribution in [2.45, 2.75) is 26.8 Å². The Bertz CT molecular complexity index is 585. The summed E-state index contributed by atoms with van der Waals surface area (Å²) in [5, 5.41) is 3.78. The molecule has 2 aromatic rings. The van der Waals surface area contributed by atoms with E-state index in [9.17, 15) is 0 Å². The Morgan fingerprint density at radius 1 is 1.42 bits per heavy atom. The van der Waals surface area contributed by atoms with Gasteiger partial charge in [0.2, 0.25) is 0 Å². The molecule has 6 heteroatoms. The Kier molecular flexibility index (Phi) is 4.27. The number of thiophene rings is 1. The van der Waals surface area contributed by atoms with Crippen molar-refractivity contribution in [3.8, 4) is 6.01 Å². The standard InChI is InChI=1S/C13H16ClN3OS/c1-7-5-10(9(3)19-7)8(2)16-12-11(14)6-15-13(17-12)18-4/h5-6,8H,1-4H3,(H,15,16,17). The van der Waals surface area contributed by atoms with E-state index >= 15 is 0 Å². The number of hydrogen-bond acceptors (Lipinski definition) is 5. The van der Waals surface area contributed by atoms with Crippen LogP contribution in [-0.2, 0) is 0 Å². The van der Waals surface area contributed by atoms with E-state index in [-0.39, 0.29) is 6.04 Å². The van der Waals surface area contributed by atoms with Crippen molar-refractivity contribution in [1.29, 1.82) is 0 Å². The van der Waals surface area contributed by atoms with Gasteiger partial charge in [-0.15, -0.1) is 11.3 Å². The van der Waals surface area contributed by atoms with E-state index in [1.807, 2.05) is 0 Å². The highest BCUT2D eigenvalue weighted by atomic mass is 35.5. The number of ether oxygens (including phenoxy) is 1. The Morgan fingerprint density at radius 2 is 2.16 bits per heavy atom. The van der Waals surface area contributed by atoms with Crippen LogP contribution in [0.2, 0.25) is 5.02 Å². The summed E-state index contributed by atoms with van der Waals surface area (Å²) in [4.78, 5) is 10.8. The molecule has 0 spiro atoms. The number of nitrogens with one attached hydrogen (secondary N) is 1. The average Bonchev–Trinajstić information content (AvgIpc) is 2.71. The van der Waals surface area contributed by atoms with E-state index in [2.05, 4.69) is 42.1 Å². The molecular formula is C13H16ClN3OS. The molecule has 0 saturated heterocycles. The molecule has 1 unspecified atom stereocenters. The molecule has 0 bridgehead atoms. The third kappa shape index (κ3) is 3.16. The first-order valence-corrected chi connectivity index (χ1v) is 7.10. The molecule has 0 aliphatic carbocycles. The second kappa shape index (κ2) is 5.75. The van der Waals surface area contributed by atoms with Gasteiger partial charge in [0.05, 0.1) is 19.3 Å². The quantitative estimate of drug-likeness (QED) is 0.927. The van der Waals surface area contributed by atoms with Gasteiger partial charge in [0, 0.05) is 9.75 Å². The number of aromatic nitrogens is 2. The number of hydrogen-bond donors (Lipinski definition) is 1. The first-order chi connectivity index (χ1) is 9.01. The van der Waals surface area contributed by atoms with Gasteiger partial charge in [0.25, 0.3) is 0 Å². The highest BCUT2D eigenvalue weighted by Crippen LogP contribution is 2.30. The summed E-state index contributed by atoms with van der Waals surface area (Å²) >= 11 is 7.88. The van der Waals surface area contributed by atoms with Crippen LogP contribution in [0.4, 0.5) is 5.82 Å². The second-order valence-electron chi connectivity index (χ2n) is 4.29. The largest absolute Gasteiger partial charge is 0.467 e. The summed E-state index contributed by atoms with van der Waals surface area (Å²) in [6.07, 6.45) is 1.54. The molecule has 102 valence electrons. The first kappa shape index (κ1) is 14.1. The molecule has 2 heterocycles. The van der Waals surface area contributed by atoms with E-state index in [4.69, 9.17) is 16.3 Å². The van der Waals surface area contributed by atoms with Crippen molar-refractivity contribution in [3.63, 3.8) is 0 Å². The minimum absolute atomic E-state index is 0.127. The second-order valence-corrected chi connectivity index (χ2v) is 6.16. The summed E-state index contributed by atoms with van der Waals surface area (Å²) in [5.74, 6) is 0.587. The number of aryl methyl sites for hydroxylation is 2. The summed E-state index contributed by atoms with van der Waals surface area (Å²) < 4.78 is 5.01. The Labute approximate surface area is 121 Å². The molecular weight excluding hydrogens is 282 g/mol. The number of anilines is 1. The number of nitrogens with zero attached hydrogens (tertiary/aromatic N) is 2. The van der Waals surface area contributed by atoms with E-state index in [1.165, 1.54) is 28.6 Å². The van der Waals surface area contributed by atoms with Gasteiger partial charge >= 0.3 is 6.01 Å². The van der Waals surface area contributed by atoms with Crippen molar-refractivity contribution >= 4 is 28.8 Å². The fourth-order valence-corrected chi connectivity index (χ4v) is 3.08. The first-order valence-electron chi connectivity index (χ1n) is 5.91. The van der Waals surface area contributed by atoms with Gasteiger partial charge in [0.15, 0.2) is 5.82 Å². The van der Waals surface area contributed by atoms with Crippen molar-refractivity contribution in [1.82, 2.24) is 9.97 Å². The molecule has 1 atom stereocenters. The van der Waals surface area contributed by atoms with Crippen LogP contribution in [0.3, 0.4) is 0 Å². The van der Waals surface area contributed by atoms with Crippen LogP contribution in [0.15, 0.2) is 12.3 Å². The molecule has 0 amide bonds. The molecule has 0 saturated carbocycles. The molecule has 0 radical (unpaired) electrons. The van der Waals surface area contributed by atoms with Crippen LogP contribution in [0.5, 0.6) is 6.01 Å². The van der Waals surface area contributed by atoms with Crippen LogP contribution < -0.4 is 10.1 Å². The Morgan fingerprint density at radius 3 is 2.74 bits per heavy atom. The summed E-state index contributed by atoms with van der Waals surface area (Å²) in [5.41, 5.74) is 1.26. The van der Waals surface area contributed by atoms with Gasteiger partial charge < -0.3 is 10.1 Å². The van der Waals surface area contributed by atoms with Crippen molar-refractivity contribution < 1.29 is 4.74 Å². The smallest absolute Gasteiger partial charge is 0.318 e. The lowest BCUT2D eigenvalue weighted by molar-refractivity contribution is 0.380. The zero-order chi connectivity index (χ0) is 14.0. The predicted octanol–water partition coefficient (Wildman–Crippen LogP) is 3.99. The van der Waals surface area contributed by atoms with Gasteiger partial charge in [-0.25, -0.2) is 4.98 Å². The Balaban J connectivity index is 2.23. The fourth-order valence-electron chi connectivity index (χ4n) is 1.91. The topological polar surface area (TPSA) is 47.0 Å². The third-order valence-electron chi connectivity index (χ3n) is 2.80.